The van der Waals surface area contributed by atoms with Gasteiger partial charge in [0.2, 0.25) is 5.89 Å². The molecule has 1 amide bonds. The van der Waals surface area contributed by atoms with Crippen LogP contribution in [0, 0.1) is 26.6 Å². The summed E-state index contributed by atoms with van der Waals surface area (Å²) >= 11 is 0. The van der Waals surface area contributed by atoms with E-state index in [9.17, 15) is 14.0 Å². The lowest BCUT2D eigenvalue weighted by Gasteiger charge is -2.37. The van der Waals surface area contributed by atoms with Crippen LogP contribution in [0.2, 0.25) is 0 Å². The van der Waals surface area contributed by atoms with E-state index in [1.165, 1.54) is 23.2 Å². The van der Waals surface area contributed by atoms with E-state index in [4.69, 9.17) is 19.0 Å². The number of aromatic nitrogens is 3. The molecule has 11 nitrogen and oxygen atoms in total. The van der Waals surface area contributed by atoms with Crippen LogP contribution in [0.3, 0.4) is 0 Å². The number of carbonyl (C=O) groups excluding carboxylic acids is 1. The topological polar surface area (TPSA) is 137 Å². The van der Waals surface area contributed by atoms with Crippen molar-refractivity contribution in [3.05, 3.63) is 59.0 Å². The average Bonchev–Trinajstić information content (AvgIpc) is 3.25. The summed E-state index contributed by atoms with van der Waals surface area (Å²) in [5.74, 6) is 0.0550. The van der Waals surface area contributed by atoms with Crippen molar-refractivity contribution < 1.29 is 37.7 Å². The number of ether oxygens (including phenoxy) is 3. The van der Waals surface area contributed by atoms with Crippen LogP contribution >= 0.6 is 0 Å². The first kappa shape index (κ1) is 24.9. The van der Waals surface area contributed by atoms with Gasteiger partial charge >= 0.3 is 12.2 Å². The number of hydrogen-bond acceptors (Lipinski definition) is 9. The number of carbonyl (C=O) groups is 2. The number of halogens is 1. The second kappa shape index (κ2) is 9.96. The lowest BCUT2D eigenvalue weighted by Crippen LogP contribution is -2.56. The van der Waals surface area contributed by atoms with Crippen molar-refractivity contribution in [3.8, 4) is 29.0 Å². The number of aryl methyl sites for hydroxylation is 3. The van der Waals surface area contributed by atoms with Crippen LogP contribution in [0.5, 0.6) is 17.5 Å². The van der Waals surface area contributed by atoms with Crippen LogP contribution in [-0.2, 0) is 9.53 Å². The van der Waals surface area contributed by atoms with Gasteiger partial charge in [-0.1, -0.05) is 6.07 Å². The standard InChI is InChI=1S/C26H23FN4O7/c1-13-4-5-20(18(27)6-13)37-25-28-9-19-24(30-25)38-23(29-19)16-7-14(2)22(15(3)8-16)35-12-21(32)31-10-17(11-31)36-26(33)34/h4-9,17H,10-12H2,1-3H3,(H,33,34). The zero-order chi connectivity index (χ0) is 27.0. The maximum Gasteiger partial charge on any atom is 0.506 e. The minimum absolute atomic E-state index is 0.00229. The number of fused-ring (bicyclic) bond motifs is 1. The highest BCUT2D eigenvalue weighted by Gasteiger charge is 2.33. The van der Waals surface area contributed by atoms with Gasteiger partial charge in [0.1, 0.15) is 17.4 Å². The molecule has 0 radical (unpaired) electrons. The molecular formula is C26H23FN4O7. The van der Waals surface area contributed by atoms with Gasteiger partial charge in [-0.15, -0.1) is 0 Å². The van der Waals surface area contributed by atoms with E-state index in [1.807, 2.05) is 26.0 Å². The SMILES string of the molecule is Cc1ccc(Oc2ncc3nc(-c4cc(C)c(OCC(=O)N5CC(OC(=O)O)C5)c(C)c4)oc3n2)c(F)c1. The summed E-state index contributed by atoms with van der Waals surface area (Å²) in [6, 6.07) is 8.11. The Labute approximate surface area is 215 Å². The summed E-state index contributed by atoms with van der Waals surface area (Å²) in [5.41, 5.74) is 3.53. The molecule has 4 aromatic rings. The van der Waals surface area contributed by atoms with Gasteiger partial charge in [0.15, 0.2) is 18.2 Å². The minimum atomic E-state index is -1.36. The summed E-state index contributed by atoms with van der Waals surface area (Å²) in [7, 11) is 0. The number of likely N-dealkylation sites (tertiary alicyclic amines) is 1. The Morgan fingerprint density at radius 1 is 1.13 bits per heavy atom. The average molecular weight is 522 g/mol. The fraction of sp³-hybridized carbons (Fsp3) is 0.269. The number of nitrogens with zero attached hydrogens (tertiary/aromatic N) is 4. The molecule has 0 atom stereocenters. The molecule has 38 heavy (non-hydrogen) atoms. The van der Waals surface area contributed by atoms with Crippen molar-refractivity contribution in [2.45, 2.75) is 26.9 Å². The van der Waals surface area contributed by atoms with E-state index in [0.717, 1.165) is 16.7 Å². The summed E-state index contributed by atoms with van der Waals surface area (Å²) < 4.78 is 35.8. The second-order valence-electron chi connectivity index (χ2n) is 8.93. The fourth-order valence-corrected chi connectivity index (χ4v) is 4.07. The zero-order valence-electron chi connectivity index (χ0n) is 20.7. The molecule has 2 aromatic carbocycles. The van der Waals surface area contributed by atoms with Crippen molar-refractivity contribution in [1.29, 1.82) is 0 Å². The molecule has 0 saturated carbocycles. The molecule has 3 heterocycles. The summed E-state index contributed by atoms with van der Waals surface area (Å²) in [5, 5.41) is 8.63. The number of rotatable bonds is 7. The Kier molecular flexibility index (Phi) is 6.53. The van der Waals surface area contributed by atoms with Gasteiger partial charge in [0.05, 0.1) is 19.3 Å². The first-order valence-corrected chi connectivity index (χ1v) is 11.7. The van der Waals surface area contributed by atoms with Crippen LogP contribution in [0.1, 0.15) is 16.7 Å². The zero-order valence-corrected chi connectivity index (χ0v) is 20.7. The van der Waals surface area contributed by atoms with E-state index < -0.39 is 18.1 Å². The molecule has 12 heteroatoms. The number of benzene rings is 2. The van der Waals surface area contributed by atoms with Gasteiger partial charge in [-0.2, -0.15) is 4.98 Å². The Bertz CT molecular complexity index is 1530. The van der Waals surface area contributed by atoms with Crippen molar-refractivity contribution in [1.82, 2.24) is 19.9 Å². The van der Waals surface area contributed by atoms with Gasteiger partial charge in [-0.3, -0.25) is 4.79 Å². The predicted molar refractivity (Wildman–Crippen MR) is 131 cm³/mol. The molecule has 5 rings (SSSR count). The normalized spacial score (nSPS) is 13.3. The van der Waals surface area contributed by atoms with E-state index in [-0.39, 0.29) is 43.1 Å². The molecule has 2 aromatic heterocycles. The van der Waals surface area contributed by atoms with Crippen LogP contribution in [0.25, 0.3) is 22.7 Å². The molecule has 1 fully saturated rings. The highest BCUT2D eigenvalue weighted by Crippen LogP contribution is 2.32. The van der Waals surface area contributed by atoms with Gasteiger partial charge in [0.25, 0.3) is 11.6 Å². The second-order valence-corrected chi connectivity index (χ2v) is 8.93. The third-order valence-electron chi connectivity index (χ3n) is 5.93. The molecule has 1 N–H and O–H groups in total. The summed E-state index contributed by atoms with van der Waals surface area (Å²) in [4.78, 5) is 37.1. The lowest BCUT2D eigenvalue weighted by atomic mass is 10.1. The maximum absolute atomic E-state index is 14.1. The molecule has 1 aliphatic rings. The molecule has 1 aliphatic heterocycles. The Morgan fingerprint density at radius 3 is 2.55 bits per heavy atom. The number of hydrogen-bond donors (Lipinski definition) is 1. The number of amides is 1. The maximum atomic E-state index is 14.1. The summed E-state index contributed by atoms with van der Waals surface area (Å²) in [6.45, 7) is 5.67. The van der Waals surface area contributed by atoms with Crippen LogP contribution in [-0.4, -0.2) is 62.8 Å². The first-order valence-electron chi connectivity index (χ1n) is 11.7. The minimum Gasteiger partial charge on any atom is -0.483 e. The molecule has 0 bridgehead atoms. The predicted octanol–water partition coefficient (Wildman–Crippen LogP) is 4.43. The van der Waals surface area contributed by atoms with Gasteiger partial charge in [-0.25, -0.2) is 19.2 Å². The fourth-order valence-electron chi connectivity index (χ4n) is 4.07. The Hall–Kier alpha value is -4.74. The van der Waals surface area contributed by atoms with E-state index in [0.29, 0.717) is 22.7 Å². The molecule has 1 saturated heterocycles. The number of carboxylic acid groups (broad SMARTS) is 1. The Balaban J connectivity index is 1.27. The molecule has 0 aliphatic carbocycles. The molecule has 196 valence electrons. The molecule has 0 spiro atoms. The van der Waals surface area contributed by atoms with Gasteiger partial charge < -0.3 is 28.6 Å². The van der Waals surface area contributed by atoms with Crippen LogP contribution in [0.15, 0.2) is 40.9 Å². The third-order valence-corrected chi connectivity index (χ3v) is 5.93. The molecular weight excluding hydrogens is 499 g/mol. The van der Waals surface area contributed by atoms with E-state index >= 15 is 0 Å². The van der Waals surface area contributed by atoms with Crippen LogP contribution in [0.4, 0.5) is 9.18 Å². The van der Waals surface area contributed by atoms with Gasteiger partial charge in [0, 0.05) is 5.56 Å². The van der Waals surface area contributed by atoms with Gasteiger partial charge in [-0.05, 0) is 61.7 Å². The summed E-state index contributed by atoms with van der Waals surface area (Å²) in [6.07, 6.45) is -0.435. The highest BCUT2D eigenvalue weighted by atomic mass is 19.1. The Morgan fingerprint density at radius 2 is 1.87 bits per heavy atom. The van der Waals surface area contributed by atoms with E-state index in [2.05, 4.69) is 19.7 Å². The van der Waals surface area contributed by atoms with E-state index in [1.54, 1.807) is 13.0 Å². The lowest BCUT2D eigenvalue weighted by molar-refractivity contribution is -0.144. The van der Waals surface area contributed by atoms with Crippen molar-refractivity contribution in [2.24, 2.45) is 0 Å². The highest BCUT2D eigenvalue weighted by molar-refractivity contribution is 5.79. The number of oxazole rings is 1. The first-order chi connectivity index (χ1) is 18.2. The molecule has 0 unspecified atom stereocenters. The van der Waals surface area contributed by atoms with Crippen LogP contribution < -0.4 is 9.47 Å². The monoisotopic (exact) mass is 522 g/mol. The van der Waals surface area contributed by atoms with Crippen molar-refractivity contribution >= 4 is 23.3 Å². The smallest absolute Gasteiger partial charge is 0.483 e. The third kappa shape index (κ3) is 5.19. The van der Waals surface area contributed by atoms with Crippen molar-refractivity contribution in [2.75, 3.05) is 19.7 Å². The largest absolute Gasteiger partial charge is 0.506 e. The van der Waals surface area contributed by atoms with Crippen molar-refractivity contribution in [3.63, 3.8) is 0 Å². The quantitative estimate of drug-likeness (QED) is 0.347.